The number of hydrogen-bond donors (Lipinski definition) is 1. The first-order valence-corrected chi connectivity index (χ1v) is 10.3. The first-order chi connectivity index (χ1) is 14.1. The van der Waals surface area contributed by atoms with Gasteiger partial charge in [0.2, 0.25) is 17.6 Å². The largest absolute Gasteiger partial charge is 0.464 e. The minimum absolute atomic E-state index is 0.0615. The first-order valence-electron chi connectivity index (χ1n) is 9.44. The Bertz CT molecular complexity index is 920. The van der Waals surface area contributed by atoms with Gasteiger partial charge in [0, 0.05) is 12.8 Å². The van der Waals surface area contributed by atoms with Gasteiger partial charge in [-0.05, 0) is 30.4 Å². The molecule has 2 aromatic heterocycles. The summed E-state index contributed by atoms with van der Waals surface area (Å²) in [6.07, 6.45) is 1.55. The molecule has 0 atom stereocenters. The zero-order chi connectivity index (χ0) is 20.5. The van der Waals surface area contributed by atoms with Crippen molar-refractivity contribution in [1.29, 1.82) is 0 Å². The summed E-state index contributed by atoms with van der Waals surface area (Å²) in [6.45, 7) is 2.46. The highest BCUT2D eigenvalue weighted by Gasteiger charge is 2.12. The SMILES string of the molecule is Cc1ccc(CCC(=O)NCCOC(=O)CCc2nc(-c3cccs3)no2)cc1. The van der Waals surface area contributed by atoms with Gasteiger partial charge in [0.25, 0.3) is 0 Å². The molecule has 3 aromatic rings. The first kappa shape index (κ1) is 20.7. The summed E-state index contributed by atoms with van der Waals surface area (Å²) in [5.41, 5.74) is 2.32. The highest BCUT2D eigenvalue weighted by Crippen LogP contribution is 2.21. The fourth-order valence-corrected chi connectivity index (χ4v) is 3.25. The third-order valence-corrected chi connectivity index (χ3v) is 5.07. The molecule has 7 nitrogen and oxygen atoms in total. The molecule has 0 saturated heterocycles. The van der Waals surface area contributed by atoms with Crippen molar-refractivity contribution in [2.24, 2.45) is 0 Å². The number of thiophene rings is 1. The van der Waals surface area contributed by atoms with Gasteiger partial charge in [-0.3, -0.25) is 9.59 Å². The average Bonchev–Trinajstić information content (AvgIpc) is 3.41. The van der Waals surface area contributed by atoms with Gasteiger partial charge in [-0.25, -0.2) is 0 Å². The molecule has 152 valence electrons. The van der Waals surface area contributed by atoms with Crippen molar-refractivity contribution >= 4 is 23.2 Å². The van der Waals surface area contributed by atoms with Gasteiger partial charge in [0.1, 0.15) is 6.61 Å². The van der Waals surface area contributed by atoms with Gasteiger partial charge >= 0.3 is 5.97 Å². The van der Waals surface area contributed by atoms with Crippen molar-refractivity contribution < 1.29 is 18.8 Å². The second-order valence-electron chi connectivity index (χ2n) is 6.55. The number of esters is 1. The maximum absolute atomic E-state index is 11.9. The number of aromatic nitrogens is 2. The summed E-state index contributed by atoms with van der Waals surface area (Å²) < 4.78 is 10.3. The topological polar surface area (TPSA) is 94.3 Å². The Morgan fingerprint density at radius 1 is 1.14 bits per heavy atom. The summed E-state index contributed by atoms with van der Waals surface area (Å²) in [6, 6.07) is 11.9. The lowest BCUT2D eigenvalue weighted by atomic mass is 10.1. The van der Waals surface area contributed by atoms with Crippen molar-refractivity contribution in [2.45, 2.75) is 32.6 Å². The number of amides is 1. The standard InChI is InChI=1S/C21H23N3O4S/c1-15-4-6-16(7-5-15)8-9-18(25)22-12-13-27-20(26)11-10-19-23-21(24-28-19)17-3-2-14-29-17/h2-7,14H,8-13H2,1H3,(H,22,25). The smallest absolute Gasteiger partial charge is 0.306 e. The Morgan fingerprint density at radius 2 is 1.97 bits per heavy atom. The van der Waals surface area contributed by atoms with Crippen molar-refractivity contribution in [3.63, 3.8) is 0 Å². The molecule has 0 fully saturated rings. The van der Waals surface area contributed by atoms with Gasteiger partial charge in [-0.1, -0.05) is 41.1 Å². The summed E-state index contributed by atoms with van der Waals surface area (Å²) in [5, 5.41) is 8.59. The van der Waals surface area contributed by atoms with Gasteiger partial charge in [0.05, 0.1) is 17.8 Å². The molecule has 3 rings (SSSR count). The van der Waals surface area contributed by atoms with Gasteiger partial charge < -0.3 is 14.6 Å². The minimum Gasteiger partial charge on any atom is -0.464 e. The van der Waals surface area contributed by atoms with Crippen LogP contribution in [0.3, 0.4) is 0 Å². The average molecular weight is 413 g/mol. The van der Waals surface area contributed by atoms with Crippen LogP contribution >= 0.6 is 11.3 Å². The van der Waals surface area contributed by atoms with Gasteiger partial charge in [0.15, 0.2) is 0 Å². The number of rotatable bonds is 10. The number of ether oxygens (including phenoxy) is 1. The van der Waals surface area contributed by atoms with Crippen LogP contribution in [0.4, 0.5) is 0 Å². The lowest BCUT2D eigenvalue weighted by Crippen LogP contribution is -2.28. The van der Waals surface area contributed by atoms with E-state index in [9.17, 15) is 9.59 Å². The van der Waals surface area contributed by atoms with E-state index in [2.05, 4.69) is 15.5 Å². The van der Waals surface area contributed by atoms with Crippen LogP contribution in [0.1, 0.15) is 29.9 Å². The third-order valence-electron chi connectivity index (χ3n) is 4.20. The summed E-state index contributed by atoms with van der Waals surface area (Å²) in [4.78, 5) is 28.9. The molecule has 29 heavy (non-hydrogen) atoms. The van der Waals surface area contributed by atoms with Gasteiger partial charge in [-0.2, -0.15) is 4.98 Å². The van der Waals surface area contributed by atoms with Crippen LogP contribution in [0.25, 0.3) is 10.7 Å². The Morgan fingerprint density at radius 3 is 2.72 bits per heavy atom. The van der Waals surface area contributed by atoms with Crippen molar-refractivity contribution in [3.8, 4) is 10.7 Å². The van der Waals surface area contributed by atoms with Crippen LogP contribution < -0.4 is 5.32 Å². The van der Waals surface area contributed by atoms with E-state index in [-0.39, 0.29) is 24.9 Å². The fraction of sp³-hybridized carbons (Fsp3) is 0.333. The summed E-state index contributed by atoms with van der Waals surface area (Å²) >= 11 is 1.52. The van der Waals surface area contributed by atoms with Crippen LogP contribution in [0.5, 0.6) is 0 Å². The third kappa shape index (κ3) is 6.83. The van der Waals surface area contributed by atoms with E-state index >= 15 is 0 Å². The van der Waals surface area contributed by atoms with E-state index < -0.39 is 0 Å². The normalized spacial score (nSPS) is 10.7. The van der Waals surface area contributed by atoms with E-state index in [1.807, 2.05) is 48.7 Å². The van der Waals surface area contributed by atoms with Crippen LogP contribution in [0.2, 0.25) is 0 Å². The maximum Gasteiger partial charge on any atom is 0.306 e. The monoisotopic (exact) mass is 413 g/mol. The molecular weight excluding hydrogens is 390 g/mol. The Balaban J connectivity index is 1.27. The molecule has 2 heterocycles. The molecule has 0 unspecified atom stereocenters. The molecule has 0 aliphatic carbocycles. The number of nitrogens with one attached hydrogen (secondary N) is 1. The lowest BCUT2D eigenvalue weighted by molar-refractivity contribution is -0.144. The Hall–Kier alpha value is -3.00. The molecule has 8 heteroatoms. The predicted octanol–water partition coefficient (Wildman–Crippen LogP) is 3.33. The van der Waals surface area contributed by atoms with E-state index in [0.29, 0.717) is 37.5 Å². The lowest BCUT2D eigenvalue weighted by Gasteiger charge is -2.07. The number of benzene rings is 1. The minimum atomic E-state index is -0.366. The fourth-order valence-electron chi connectivity index (χ4n) is 2.60. The summed E-state index contributed by atoms with van der Waals surface area (Å²) in [7, 11) is 0. The van der Waals surface area contributed by atoms with E-state index in [1.165, 1.54) is 16.9 Å². The van der Waals surface area contributed by atoms with Crippen molar-refractivity contribution in [3.05, 3.63) is 58.8 Å². The van der Waals surface area contributed by atoms with Crippen LogP contribution in [0.15, 0.2) is 46.3 Å². The maximum atomic E-state index is 11.9. The molecule has 0 spiro atoms. The molecule has 0 radical (unpaired) electrons. The number of aryl methyl sites for hydroxylation is 3. The molecule has 0 aliphatic heterocycles. The second-order valence-corrected chi connectivity index (χ2v) is 7.49. The number of carbonyl (C=O) groups is 2. The molecule has 1 N–H and O–H groups in total. The van der Waals surface area contributed by atoms with E-state index in [1.54, 1.807) is 0 Å². The van der Waals surface area contributed by atoms with Gasteiger partial charge in [-0.15, -0.1) is 11.3 Å². The Labute approximate surface area is 173 Å². The van der Waals surface area contributed by atoms with Crippen LogP contribution in [0, 0.1) is 6.92 Å². The van der Waals surface area contributed by atoms with E-state index in [4.69, 9.17) is 9.26 Å². The molecule has 0 aliphatic rings. The highest BCUT2D eigenvalue weighted by molar-refractivity contribution is 7.13. The number of carbonyl (C=O) groups excluding carboxylic acids is 2. The second kappa shape index (κ2) is 10.5. The molecule has 0 bridgehead atoms. The van der Waals surface area contributed by atoms with Crippen LogP contribution in [-0.2, 0) is 27.2 Å². The summed E-state index contributed by atoms with van der Waals surface area (Å²) in [5.74, 6) is 0.495. The van der Waals surface area contributed by atoms with Crippen LogP contribution in [-0.4, -0.2) is 35.2 Å². The molecule has 0 saturated carbocycles. The van der Waals surface area contributed by atoms with Crippen molar-refractivity contribution in [2.75, 3.05) is 13.2 Å². The van der Waals surface area contributed by atoms with E-state index in [0.717, 1.165) is 10.4 Å². The number of hydrogen-bond acceptors (Lipinski definition) is 7. The molecule has 1 aromatic carbocycles. The highest BCUT2D eigenvalue weighted by atomic mass is 32.1. The predicted molar refractivity (Wildman–Crippen MR) is 109 cm³/mol. The van der Waals surface area contributed by atoms with Crippen molar-refractivity contribution in [1.82, 2.24) is 15.5 Å². The molecule has 1 amide bonds. The zero-order valence-corrected chi connectivity index (χ0v) is 17.0. The molecular formula is C21H23N3O4S. The quantitative estimate of drug-likeness (QED) is 0.405. The number of nitrogens with zero attached hydrogens (tertiary/aromatic N) is 2. The Kier molecular flexibility index (Phi) is 7.52. The zero-order valence-electron chi connectivity index (χ0n) is 16.2.